The molecule has 0 saturated carbocycles. The third kappa shape index (κ3) is 4.52. The van der Waals surface area contributed by atoms with Gasteiger partial charge in [0.15, 0.2) is 0 Å². The first-order valence-corrected chi connectivity index (χ1v) is 6.53. The highest BCUT2D eigenvalue weighted by Crippen LogP contribution is 2.23. The van der Waals surface area contributed by atoms with Crippen LogP contribution in [-0.2, 0) is 10.8 Å². The molecule has 7 heteroatoms. The summed E-state index contributed by atoms with van der Waals surface area (Å²) in [6.45, 7) is 0. The van der Waals surface area contributed by atoms with Crippen molar-refractivity contribution >= 4 is 22.6 Å². The van der Waals surface area contributed by atoms with Gasteiger partial charge in [-0.25, -0.2) is 4.39 Å². The molecule has 0 aromatic heterocycles. The molecule has 0 aliphatic rings. The summed E-state index contributed by atoms with van der Waals surface area (Å²) in [7, 11) is -2.81. The zero-order valence-electron chi connectivity index (χ0n) is 7.96. The monoisotopic (exact) mass is 272 g/mol. The van der Waals surface area contributed by atoms with Crippen molar-refractivity contribution in [2.24, 2.45) is 0 Å². The summed E-state index contributed by atoms with van der Waals surface area (Å²) in [5.41, 5.74) is -4.65. The number of hydrogen-bond acceptors (Lipinski definition) is 2. The smallest absolute Gasteiger partial charge is 0.250 e. The molecule has 0 bridgehead atoms. The van der Waals surface area contributed by atoms with Crippen LogP contribution in [0.2, 0.25) is 0 Å². The SMILES string of the molecule is O=S(CCSc1ccc(F)cc1)C(F)(F)F. The fourth-order valence-corrected chi connectivity index (χ4v) is 2.62. The first kappa shape index (κ1) is 13.5. The van der Waals surface area contributed by atoms with Gasteiger partial charge in [0, 0.05) is 16.4 Å². The second-order valence-corrected chi connectivity index (χ2v) is 5.53. The molecule has 0 aliphatic heterocycles. The molecular weight excluding hydrogens is 264 g/mol. The van der Waals surface area contributed by atoms with E-state index >= 15 is 0 Å². The summed E-state index contributed by atoms with van der Waals surface area (Å²) in [6, 6.07) is 5.39. The predicted octanol–water partition coefficient (Wildman–Crippen LogP) is 3.19. The van der Waals surface area contributed by atoms with Gasteiger partial charge in [-0.3, -0.25) is 4.21 Å². The number of hydrogen-bond donors (Lipinski definition) is 0. The standard InChI is InChI=1S/C9H8F4OS2/c10-7-1-3-8(4-2-7)15-5-6-16(14)9(11,12)13/h1-4H,5-6H2. The summed E-state index contributed by atoms with van der Waals surface area (Å²) < 4.78 is 58.7. The summed E-state index contributed by atoms with van der Waals surface area (Å²) in [5.74, 6) is -0.772. The van der Waals surface area contributed by atoms with E-state index in [1.165, 1.54) is 24.3 Å². The molecule has 0 heterocycles. The van der Waals surface area contributed by atoms with Crippen molar-refractivity contribution in [3.8, 4) is 0 Å². The Balaban J connectivity index is 2.36. The van der Waals surface area contributed by atoms with Crippen molar-refractivity contribution in [1.29, 1.82) is 0 Å². The topological polar surface area (TPSA) is 17.1 Å². The maximum absolute atomic E-state index is 12.5. The maximum atomic E-state index is 12.5. The molecule has 90 valence electrons. The number of thioether (sulfide) groups is 1. The molecule has 1 nitrogen and oxygen atoms in total. The van der Waals surface area contributed by atoms with Crippen molar-refractivity contribution in [2.45, 2.75) is 10.4 Å². The Labute approximate surface area is 96.7 Å². The molecule has 0 amide bonds. The Kier molecular flexibility index (Phi) is 4.79. The van der Waals surface area contributed by atoms with Crippen LogP contribution in [0, 0.1) is 5.82 Å². The van der Waals surface area contributed by atoms with Gasteiger partial charge in [0.05, 0.1) is 0 Å². The van der Waals surface area contributed by atoms with Gasteiger partial charge in [-0.15, -0.1) is 11.8 Å². The molecular formula is C9H8F4OS2. The number of benzene rings is 1. The lowest BCUT2D eigenvalue weighted by Crippen LogP contribution is -2.20. The average Bonchev–Trinajstić information content (AvgIpc) is 2.19. The molecule has 1 rings (SSSR count). The molecule has 0 saturated heterocycles. The second-order valence-electron chi connectivity index (χ2n) is 2.80. The third-order valence-corrected chi connectivity index (χ3v) is 3.97. The fraction of sp³-hybridized carbons (Fsp3) is 0.333. The van der Waals surface area contributed by atoms with Crippen molar-refractivity contribution in [2.75, 3.05) is 11.5 Å². The molecule has 1 unspecified atom stereocenters. The third-order valence-electron chi connectivity index (χ3n) is 1.61. The summed E-state index contributed by atoms with van der Waals surface area (Å²) in [5, 5.41) is 0. The van der Waals surface area contributed by atoms with Crippen LogP contribution in [0.4, 0.5) is 17.6 Å². The lowest BCUT2D eigenvalue weighted by atomic mass is 10.4. The van der Waals surface area contributed by atoms with Crippen molar-refractivity contribution in [3.05, 3.63) is 30.1 Å². The first-order chi connectivity index (χ1) is 7.39. The largest absolute Gasteiger partial charge is 0.471 e. The molecule has 1 aromatic carbocycles. The van der Waals surface area contributed by atoms with E-state index in [0.29, 0.717) is 4.90 Å². The maximum Gasteiger partial charge on any atom is 0.471 e. The Morgan fingerprint density at radius 1 is 1.19 bits per heavy atom. The van der Waals surface area contributed by atoms with E-state index in [1.54, 1.807) is 0 Å². The minimum Gasteiger partial charge on any atom is -0.250 e. The molecule has 0 aliphatic carbocycles. The minimum atomic E-state index is -4.65. The number of rotatable bonds is 4. The van der Waals surface area contributed by atoms with E-state index in [1.807, 2.05) is 0 Å². The van der Waals surface area contributed by atoms with Crippen LogP contribution in [0.25, 0.3) is 0 Å². The van der Waals surface area contributed by atoms with E-state index in [0.717, 1.165) is 11.8 Å². The van der Waals surface area contributed by atoms with Crippen LogP contribution in [-0.4, -0.2) is 21.2 Å². The highest BCUT2D eigenvalue weighted by atomic mass is 32.2. The first-order valence-electron chi connectivity index (χ1n) is 4.23. The van der Waals surface area contributed by atoms with Gasteiger partial charge in [-0.05, 0) is 24.3 Å². The molecule has 0 spiro atoms. The average molecular weight is 272 g/mol. The van der Waals surface area contributed by atoms with E-state index in [9.17, 15) is 21.8 Å². The highest BCUT2D eigenvalue weighted by Gasteiger charge is 2.35. The van der Waals surface area contributed by atoms with Crippen molar-refractivity contribution in [3.63, 3.8) is 0 Å². The van der Waals surface area contributed by atoms with E-state index in [4.69, 9.17) is 0 Å². The summed E-state index contributed by atoms with van der Waals surface area (Å²) in [4.78, 5) is 0.653. The number of alkyl halides is 3. The summed E-state index contributed by atoms with van der Waals surface area (Å²) in [6.07, 6.45) is 0. The van der Waals surface area contributed by atoms with Crippen LogP contribution < -0.4 is 0 Å². The van der Waals surface area contributed by atoms with Gasteiger partial charge in [-0.1, -0.05) is 0 Å². The van der Waals surface area contributed by atoms with Crippen LogP contribution in [0.3, 0.4) is 0 Å². The van der Waals surface area contributed by atoms with Gasteiger partial charge < -0.3 is 0 Å². The van der Waals surface area contributed by atoms with Crippen LogP contribution in [0.1, 0.15) is 0 Å². The number of halogens is 4. The Morgan fingerprint density at radius 3 is 2.25 bits per heavy atom. The normalized spacial score (nSPS) is 13.8. The Bertz CT molecular complexity index is 361. The quantitative estimate of drug-likeness (QED) is 0.618. The Morgan fingerprint density at radius 2 is 1.75 bits per heavy atom. The van der Waals surface area contributed by atoms with Gasteiger partial charge >= 0.3 is 5.51 Å². The van der Waals surface area contributed by atoms with E-state index < -0.39 is 27.9 Å². The fourth-order valence-electron chi connectivity index (χ4n) is 0.882. The molecule has 0 radical (unpaired) electrons. The highest BCUT2D eigenvalue weighted by molar-refractivity contribution is 8.00. The predicted molar refractivity (Wildman–Crippen MR) is 56.2 cm³/mol. The molecule has 1 aromatic rings. The molecule has 1 atom stereocenters. The lowest BCUT2D eigenvalue weighted by molar-refractivity contribution is -0.0383. The van der Waals surface area contributed by atoms with Crippen LogP contribution in [0.5, 0.6) is 0 Å². The zero-order valence-corrected chi connectivity index (χ0v) is 9.59. The molecule has 0 fully saturated rings. The minimum absolute atomic E-state index is 0.0811. The van der Waals surface area contributed by atoms with Crippen LogP contribution in [0.15, 0.2) is 29.2 Å². The summed E-state index contributed by atoms with van der Waals surface area (Å²) >= 11 is 1.11. The second kappa shape index (κ2) is 5.67. The van der Waals surface area contributed by atoms with Gasteiger partial charge in [-0.2, -0.15) is 13.2 Å². The van der Waals surface area contributed by atoms with Crippen molar-refractivity contribution < 1.29 is 21.8 Å². The van der Waals surface area contributed by atoms with Gasteiger partial charge in [0.2, 0.25) is 0 Å². The Hall–Kier alpha value is -0.560. The van der Waals surface area contributed by atoms with Gasteiger partial charge in [0.1, 0.15) is 16.6 Å². The van der Waals surface area contributed by atoms with E-state index in [-0.39, 0.29) is 5.75 Å². The van der Waals surface area contributed by atoms with Crippen molar-refractivity contribution in [1.82, 2.24) is 0 Å². The molecule has 0 N–H and O–H groups in total. The van der Waals surface area contributed by atoms with E-state index in [2.05, 4.69) is 0 Å². The van der Waals surface area contributed by atoms with Crippen LogP contribution >= 0.6 is 11.8 Å². The molecule has 16 heavy (non-hydrogen) atoms. The van der Waals surface area contributed by atoms with Gasteiger partial charge in [0.25, 0.3) is 0 Å². The zero-order chi connectivity index (χ0) is 12.2. The lowest BCUT2D eigenvalue weighted by Gasteiger charge is -2.05.